The molecule has 5 nitrogen and oxygen atoms in total. The van der Waals surface area contributed by atoms with Crippen molar-refractivity contribution in [1.29, 1.82) is 0 Å². The molecule has 0 atom stereocenters. The van der Waals surface area contributed by atoms with Crippen LogP contribution in [-0.4, -0.2) is 31.1 Å². The number of allylic oxidation sites excluding steroid dienone is 1. The summed E-state index contributed by atoms with van der Waals surface area (Å²) in [6, 6.07) is 14.9. The van der Waals surface area contributed by atoms with E-state index in [4.69, 9.17) is 37.4 Å². The van der Waals surface area contributed by atoms with E-state index in [1.165, 1.54) is 0 Å². The highest BCUT2D eigenvalue weighted by molar-refractivity contribution is 6.35. The van der Waals surface area contributed by atoms with E-state index < -0.39 is 0 Å². The largest absolute Gasteiger partial charge is 0.497 e. The van der Waals surface area contributed by atoms with Crippen LogP contribution < -0.4 is 14.2 Å². The van der Waals surface area contributed by atoms with Gasteiger partial charge in [0.2, 0.25) is 5.78 Å². The van der Waals surface area contributed by atoms with E-state index in [-0.39, 0.29) is 5.78 Å². The number of nitrogens with zero attached hydrogens (tertiary/aromatic N) is 1. The Morgan fingerprint density at radius 2 is 1.88 bits per heavy atom. The maximum absolute atomic E-state index is 13.1. The van der Waals surface area contributed by atoms with Gasteiger partial charge < -0.3 is 14.2 Å². The van der Waals surface area contributed by atoms with Crippen LogP contribution in [0.2, 0.25) is 10.0 Å². The molecule has 0 aromatic heterocycles. The minimum Gasteiger partial charge on any atom is -0.497 e. The molecule has 7 heteroatoms. The highest BCUT2D eigenvalue weighted by atomic mass is 35.5. The quantitative estimate of drug-likeness (QED) is 0.387. The van der Waals surface area contributed by atoms with Gasteiger partial charge in [0.25, 0.3) is 0 Å². The molecule has 3 aromatic rings. The van der Waals surface area contributed by atoms with Gasteiger partial charge in [0.15, 0.2) is 5.76 Å². The lowest BCUT2D eigenvalue weighted by molar-refractivity contribution is 0.0954. The SMILES string of the molecule is COc1ccc(/C=C2\Oc3c(cc4c(c3C)OCN(CCc3ccc(Cl)cc3Cl)C4)C2=O)cc1. The normalized spacial score (nSPS) is 16.1. The second kappa shape index (κ2) is 9.34. The second-order valence-corrected chi connectivity index (χ2v) is 9.23. The molecule has 0 amide bonds. The number of ether oxygens (including phenoxy) is 3. The van der Waals surface area contributed by atoms with Crippen LogP contribution in [-0.2, 0) is 13.0 Å². The van der Waals surface area contributed by atoms with E-state index in [1.807, 2.05) is 49.4 Å². The number of hydrogen-bond donors (Lipinski definition) is 0. The van der Waals surface area contributed by atoms with Gasteiger partial charge in [-0.2, -0.15) is 0 Å². The molecule has 0 N–H and O–H groups in total. The Bertz CT molecular complexity index is 1300. The first-order valence-electron chi connectivity index (χ1n) is 11.0. The Labute approximate surface area is 208 Å². The number of carbonyl (C=O) groups excluding carboxylic acids is 1. The lowest BCUT2D eigenvalue weighted by Crippen LogP contribution is -2.34. The lowest BCUT2D eigenvalue weighted by atomic mass is 10.00. The molecular weight excluding hydrogens is 473 g/mol. The summed E-state index contributed by atoms with van der Waals surface area (Å²) in [6.45, 7) is 3.84. The van der Waals surface area contributed by atoms with Crippen molar-refractivity contribution in [3.63, 3.8) is 0 Å². The molecule has 0 spiro atoms. The number of ketones is 1. The Balaban J connectivity index is 1.34. The molecule has 3 aromatic carbocycles. The van der Waals surface area contributed by atoms with E-state index in [9.17, 15) is 4.79 Å². The molecular formula is C27H23Cl2NO4. The monoisotopic (exact) mass is 495 g/mol. The lowest BCUT2D eigenvalue weighted by Gasteiger charge is -2.30. The number of carbonyl (C=O) groups is 1. The van der Waals surface area contributed by atoms with E-state index in [0.29, 0.717) is 40.4 Å². The summed E-state index contributed by atoms with van der Waals surface area (Å²) in [5.74, 6) is 2.30. The standard InChI is InChI=1S/C27H23Cl2NO4/c1-16-26-19(14-30(15-33-26)10-9-18-5-6-20(28)13-23(18)29)12-22-25(31)24(34-27(16)22)11-17-3-7-21(32-2)8-4-17/h3-8,11-13H,9-10,14-15H2,1-2H3/b24-11-. The molecule has 34 heavy (non-hydrogen) atoms. The fourth-order valence-electron chi connectivity index (χ4n) is 4.29. The predicted molar refractivity (Wildman–Crippen MR) is 133 cm³/mol. The van der Waals surface area contributed by atoms with Crippen molar-refractivity contribution < 1.29 is 19.0 Å². The second-order valence-electron chi connectivity index (χ2n) is 8.39. The molecule has 0 saturated heterocycles. The number of hydrogen-bond acceptors (Lipinski definition) is 5. The highest BCUT2D eigenvalue weighted by Gasteiger charge is 2.33. The maximum Gasteiger partial charge on any atom is 0.231 e. The first-order chi connectivity index (χ1) is 16.4. The predicted octanol–water partition coefficient (Wildman–Crippen LogP) is 6.32. The van der Waals surface area contributed by atoms with Crippen molar-refractivity contribution in [1.82, 2.24) is 4.90 Å². The molecule has 0 radical (unpaired) electrons. The minimum atomic E-state index is -0.123. The summed E-state index contributed by atoms with van der Waals surface area (Å²) in [6.07, 6.45) is 2.53. The minimum absolute atomic E-state index is 0.123. The Hall–Kier alpha value is -2.99. The highest BCUT2D eigenvalue weighted by Crippen LogP contribution is 2.43. The zero-order valence-electron chi connectivity index (χ0n) is 18.9. The van der Waals surface area contributed by atoms with Crippen molar-refractivity contribution in [3.8, 4) is 17.2 Å². The van der Waals surface area contributed by atoms with Crippen LogP contribution in [0.15, 0.2) is 54.3 Å². The average Bonchev–Trinajstić information content (AvgIpc) is 3.14. The smallest absolute Gasteiger partial charge is 0.231 e. The molecule has 0 saturated carbocycles. The fraction of sp³-hybridized carbons (Fsp3) is 0.222. The number of fused-ring (bicyclic) bond motifs is 2. The van der Waals surface area contributed by atoms with Crippen molar-refractivity contribution in [2.75, 3.05) is 20.4 Å². The van der Waals surface area contributed by atoms with E-state index in [2.05, 4.69) is 4.90 Å². The van der Waals surface area contributed by atoms with Crippen LogP contribution in [0.1, 0.15) is 32.6 Å². The Morgan fingerprint density at radius 3 is 2.62 bits per heavy atom. The van der Waals surface area contributed by atoms with Gasteiger partial charge in [-0.3, -0.25) is 9.69 Å². The molecule has 174 valence electrons. The molecule has 2 heterocycles. The number of methoxy groups -OCH3 is 1. The first-order valence-corrected chi connectivity index (χ1v) is 11.7. The van der Waals surface area contributed by atoms with Crippen LogP contribution in [0.25, 0.3) is 6.08 Å². The van der Waals surface area contributed by atoms with Crippen LogP contribution in [0, 0.1) is 6.92 Å². The zero-order valence-corrected chi connectivity index (χ0v) is 20.4. The molecule has 0 bridgehead atoms. The topological polar surface area (TPSA) is 48.0 Å². The summed E-state index contributed by atoms with van der Waals surface area (Å²) in [7, 11) is 1.62. The van der Waals surface area contributed by atoms with Gasteiger partial charge >= 0.3 is 0 Å². The van der Waals surface area contributed by atoms with Crippen LogP contribution in [0.3, 0.4) is 0 Å². The number of Topliss-reactive ketones (excluding diaryl/α,β-unsaturated/α-hetero) is 1. The van der Waals surface area contributed by atoms with E-state index >= 15 is 0 Å². The molecule has 2 aliphatic heterocycles. The zero-order chi connectivity index (χ0) is 23.8. The summed E-state index contributed by atoms with van der Waals surface area (Å²) >= 11 is 12.3. The number of halogens is 2. The van der Waals surface area contributed by atoms with Gasteiger partial charge in [0, 0.05) is 34.3 Å². The third-order valence-corrected chi connectivity index (χ3v) is 6.71. The summed E-state index contributed by atoms with van der Waals surface area (Å²) in [5.41, 5.74) is 4.30. The molecule has 2 aliphatic rings. The van der Waals surface area contributed by atoms with Crippen molar-refractivity contribution in [2.24, 2.45) is 0 Å². The van der Waals surface area contributed by atoms with Crippen LogP contribution in [0.4, 0.5) is 0 Å². The third kappa shape index (κ3) is 4.39. The number of benzene rings is 3. The molecule has 0 fully saturated rings. The fourth-order valence-corrected chi connectivity index (χ4v) is 4.80. The summed E-state index contributed by atoms with van der Waals surface area (Å²) in [5, 5.41) is 1.29. The van der Waals surface area contributed by atoms with E-state index in [1.54, 1.807) is 19.3 Å². The van der Waals surface area contributed by atoms with Gasteiger partial charge in [-0.05, 0) is 60.9 Å². The van der Waals surface area contributed by atoms with Crippen LogP contribution >= 0.6 is 23.2 Å². The molecule has 5 rings (SSSR count). The van der Waals surface area contributed by atoms with Gasteiger partial charge in [-0.15, -0.1) is 0 Å². The maximum atomic E-state index is 13.1. The van der Waals surface area contributed by atoms with E-state index in [0.717, 1.165) is 46.7 Å². The molecule has 0 unspecified atom stereocenters. The van der Waals surface area contributed by atoms with Gasteiger partial charge in [0.05, 0.1) is 12.7 Å². The first kappa shape index (κ1) is 22.8. The number of rotatable bonds is 5. The van der Waals surface area contributed by atoms with Crippen molar-refractivity contribution in [3.05, 3.63) is 92.2 Å². The van der Waals surface area contributed by atoms with Crippen molar-refractivity contribution in [2.45, 2.75) is 19.9 Å². The summed E-state index contributed by atoms with van der Waals surface area (Å²) in [4.78, 5) is 15.3. The Kier molecular flexibility index (Phi) is 6.26. The van der Waals surface area contributed by atoms with Gasteiger partial charge in [-0.25, -0.2) is 0 Å². The third-order valence-electron chi connectivity index (χ3n) is 6.13. The van der Waals surface area contributed by atoms with Crippen LogP contribution in [0.5, 0.6) is 17.2 Å². The van der Waals surface area contributed by atoms with Gasteiger partial charge in [-0.1, -0.05) is 41.4 Å². The summed E-state index contributed by atoms with van der Waals surface area (Å²) < 4.78 is 17.3. The van der Waals surface area contributed by atoms with Crippen molar-refractivity contribution >= 4 is 35.1 Å². The average molecular weight is 496 g/mol. The Morgan fingerprint density at radius 1 is 1.09 bits per heavy atom. The molecule has 0 aliphatic carbocycles. The van der Waals surface area contributed by atoms with Gasteiger partial charge in [0.1, 0.15) is 24.0 Å².